The van der Waals surface area contributed by atoms with Crippen molar-refractivity contribution < 1.29 is 14.4 Å². The number of benzene rings is 2. The molecule has 0 bridgehead atoms. The summed E-state index contributed by atoms with van der Waals surface area (Å²) >= 11 is 6.51. The standard InChI is InChI=1S/C28H31ClN4O3/c1-31-11-13-33(14-12-31)28(36)26(34)23-18-30-25-17-24(29)22(16-21(23)25)27(35)32-9-7-20(8-10-32)15-19-5-3-2-4-6-19/h2-6,16-18,20,30H,7-15H2,1H3. The van der Waals surface area contributed by atoms with E-state index < -0.39 is 11.7 Å². The van der Waals surface area contributed by atoms with E-state index in [1.54, 1.807) is 23.2 Å². The second-order valence-electron chi connectivity index (χ2n) is 9.93. The van der Waals surface area contributed by atoms with Crippen LogP contribution in [-0.4, -0.2) is 83.6 Å². The maximum absolute atomic E-state index is 13.4. The third kappa shape index (κ3) is 5.04. The number of amides is 2. The molecule has 0 saturated carbocycles. The van der Waals surface area contributed by atoms with Crippen LogP contribution in [0.4, 0.5) is 0 Å². The van der Waals surface area contributed by atoms with Crippen LogP contribution >= 0.6 is 11.6 Å². The number of likely N-dealkylation sites (N-methyl/N-ethyl adjacent to an activating group) is 1. The molecule has 2 fully saturated rings. The summed E-state index contributed by atoms with van der Waals surface area (Å²) < 4.78 is 0. The molecule has 7 nitrogen and oxygen atoms in total. The molecule has 2 amide bonds. The fraction of sp³-hybridized carbons (Fsp3) is 0.393. The van der Waals surface area contributed by atoms with Crippen LogP contribution in [0.3, 0.4) is 0 Å². The molecule has 0 atom stereocenters. The van der Waals surface area contributed by atoms with E-state index in [1.165, 1.54) is 5.56 Å². The lowest BCUT2D eigenvalue weighted by molar-refractivity contribution is -0.127. The molecular formula is C28H31ClN4O3. The molecule has 2 aromatic carbocycles. The zero-order chi connectivity index (χ0) is 25.2. The number of fused-ring (bicyclic) bond motifs is 1. The number of aromatic nitrogens is 1. The van der Waals surface area contributed by atoms with Crippen LogP contribution in [-0.2, 0) is 11.2 Å². The normalized spacial score (nSPS) is 17.5. The van der Waals surface area contributed by atoms with Crippen molar-refractivity contribution in [3.8, 4) is 0 Å². The minimum atomic E-state index is -0.562. The van der Waals surface area contributed by atoms with E-state index in [0.717, 1.165) is 32.4 Å². The van der Waals surface area contributed by atoms with Crippen molar-refractivity contribution in [2.45, 2.75) is 19.3 Å². The number of likely N-dealkylation sites (tertiary alicyclic amines) is 1. The first-order valence-corrected chi connectivity index (χ1v) is 12.9. The second kappa shape index (κ2) is 10.4. The van der Waals surface area contributed by atoms with E-state index in [4.69, 9.17) is 11.6 Å². The van der Waals surface area contributed by atoms with Gasteiger partial charge in [-0.3, -0.25) is 14.4 Å². The predicted octanol–water partition coefficient (Wildman–Crippen LogP) is 3.87. The zero-order valence-corrected chi connectivity index (χ0v) is 21.3. The van der Waals surface area contributed by atoms with Gasteiger partial charge in [0.05, 0.1) is 16.1 Å². The Kier molecular flexibility index (Phi) is 7.12. The first-order chi connectivity index (χ1) is 17.4. The van der Waals surface area contributed by atoms with Crippen LogP contribution in [0.15, 0.2) is 48.7 Å². The summed E-state index contributed by atoms with van der Waals surface area (Å²) in [4.78, 5) is 48.0. The van der Waals surface area contributed by atoms with Crippen molar-refractivity contribution >= 4 is 40.1 Å². The third-order valence-electron chi connectivity index (χ3n) is 7.50. The summed E-state index contributed by atoms with van der Waals surface area (Å²) in [5.41, 5.74) is 2.60. The maximum atomic E-state index is 13.4. The molecule has 0 unspecified atom stereocenters. The molecule has 1 N–H and O–H groups in total. The lowest BCUT2D eigenvalue weighted by Gasteiger charge is -2.32. The number of hydrogen-bond acceptors (Lipinski definition) is 4. The highest BCUT2D eigenvalue weighted by atomic mass is 35.5. The Hall–Kier alpha value is -3.16. The smallest absolute Gasteiger partial charge is 0.295 e. The molecule has 3 heterocycles. The van der Waals surface area contributed by atoms with E-state index in [2.05, 4.69) is 34.1 Å². The highest BCUT2D eigenvalue weighted by Crippen LogP contribution is 2.30. The number of piperazine rings is 1. The number of rotatable bonds is 5. The molecule has 2 aliphatic rings. The van der Waals surface area contributed by atoms with Crippen LogP contribution in [0.25, 0.3) is 10.9 Å². The van der Waals surface area contributed by atoms with Crippen molar-refractivity contribution in [2.75, 3.05) is 46.3 Å². The maximum Gasteiger partial charge on any atom is 0.295 e. The van der Waals surface area contributed by atoms with Crippen LogP contribution in [0.1, 0.15) is 39.1 Å². The zero-order valence-electron chi connectivity index (χ0n) is 20.5. The van der Waals surface area contributed by atoms with Crippen LogP contribution in [0, 0.1) is 5.92 Å². The van der Waals surface area contributed by atoms with Crippen LogP contribution in [0.2, 0.25) is 5.02 Å². The molecule has 36 heavy (non-hydrogen) atoms. The summed E-state index contributed by atoms with van der Waals surface area (Å²) in [5.74, 6) is -0.658. The third-order valence-corrected chi connectivity index (χ3v) is 7.81. The minimum absolute atomic E-state index is 0.134. The highest BCUT2D eigenvalue weighted by Gasteiger charge is 2.29. The van der Waals surface area contributed by atoms with Crippen molar-refractivity contribution in [3.05, 3.63) is 70.4 Å². The number of aromatic amines is 1. The number of nitrogens with one attached hydrogen (secondary N) is 1. The Morgan fingerprint density at radius 3 is 2.31 bits per heavy atom. The van der Waals surface area contributed by atoms with Gasteiger partial charge in [-0.05, 0) is 49.9 Å². The molecular weight excluding hydrogens is 476 g/mol. The molecule has 3 aromatic rings. The van der Waals surface area contributed by atoms with Gasteiger partial charge in [0.15, 0.2) is 0 Å². The molecule has 188 valence electrons. The number of carbonyl (C=O) groups is 3. The molecule has 2 aliphatic heterocycles. The van der Waals surface area contributed by atoms with E-state index in [1.807, 2.05) is 18.0 Å². The average Bonchev–Trinajstić information content (AvgIpc) is 3.31. The van der Waals surface area contributed by atoms with Crippen molar-refractivity contribution in [1.29, 1.82) is 0 Å². The molecule has 0 aliphatic carbocycles. The van der Waals surface area contributed by atoms with E-state index in [-0.39, 0.29) is 11.5 Å². The van der Waals surface area contributed by atoms with Crippen molar-refractivity contribution in [3.63, 3.8) is 0 Å². The molecule has 0 spiro atoms. The Labute approximate surface area is 216 Å². The van der Waals surface area contributed by atoms with E-state index in [9.17, 15) is 14.4 Å². The summed E-state index contributed by atoms with van der Waals surface area (Å²) in [6.45, 7) is 3.88. The number of hydrogen-bond donors (Lipinski definition) is 1. The highest BCUT2D eigenvalue weighted by molar-refractivity contribution is 6.45. The number of Topliss-reactive ketones (excluding diaryl/α,β-unsaturated/α-hetero) is 1. The number of ketones is 1. The van der Waals surface area contributed by atoms with Gasteiger partial charge in [0.25, 0.3) is 17.6 Å². The Balaban J connectivity index is 1.30. The number of H-pyrrole nitrogens is 1. The molecule has 5 rings (SSSR count). The molecule has 2 saturated heterocycles. The fourth-order valence-corrected chi connectivity index (χ4v) is 5.47. The van der Waals surface area contributed by atoms with Crippen LogP contribution < -0.4 is 0 Å². The van der Waals surface area contributed by atoms with Gasteiger partial charge in [-0.1, -0.05) is 41.9 Å². The summed E-state index contributed by atoms with van der Waals surface area (Å²) in [7, 11) is 2.00. The molecule has 0 radical (unpaired) electrons. The number of nitrogens with zero attached hydrogens (tertiary/aromatic N) is 3. The largest absolute Gasteiger partial charge is 0.360 e. The number of carbonyl (C=O) groups excluding carboxylic acids is 3. The first kappa shape index (κ1) is 24.5. The van der Waals surface area contributed by atoms with Gasteiger partial charge < -0.3 is 19.7 Å². The van der Waals surface area contributed by atoms with Gasteiger partial charge >= 0.3 is 0 Å². The minimum Gasteiger partial charge on any atom is -0.360 e. The quantitative estimate of drug-likeness (QED) is 0.421. The second-order valence-corrected chi connectivity index (χ2v) is 10.3. The van der Waals surface area contributed by atoms with E-state index >= 15 is 0 Å². The van der Waals surface area contributed by atoms with Gasteiger partial charge in [-0.25, -0.2) is 0 Å². The lowest BCUT2D eigenvalue weighted by Crippen LogP contribution is -2.49. The molecule has 8 heteroatoms. The lowest BCUT2D eigenvalue weighted by atomic mass is 9.90. The SMILES string of the molecule is CN1CCN(C(=O)C(=O)c2c[nH]c3cc(Cl)c(C(=O)N4CCC(Cc5ccccc5)CC4)cc23)CC1. The number of piperidine rings is 1. The molecule has 1 aromatic heterocycles. The summed E-state index contributed by atoms with van der Waals surface area (Å²) in [6, 6.07) is 13.8. The fourth-order valence-electron chi connectivity index (χ4n) is 5.22. The summed E-state index contributed by atoms with van der Waals surface area (Å²) in [5, 5.41) is 0.888. The Bertz CT molecular complexity index is 1270. The van der Waals surface area contributed by atoms with Gasteiger partial charge in [-0.2, -0.15) is 0 Å². The first-order valence-electron chi connectivity index (χ1n) is 12.6. The van der Waals surface area contributed by atoms with Crippen LogP contribution in [0.5, 0.6) is 0 Å². The average molecular weight is 507 g/mol. The van der Waals surface area contributed by atoms with Gasteiger partial charge in [0.1, 0.15) is 0 Å². The van der Waals surface area contributed by atoms with Gasteiger partial charge in [-0.15, -0.1) is 0 Å². The van der Waals surface area contributed by atoms with Gasteiger partial charge in [0, 0.05) is 56.4 Å². The van der Waals surface area contributed by atoms with Gasteiger partial charge in [0.2, 0.25) is 0 Å². The number of halogens is 1. The van der Waals surface area contributed by atoms with Crippen molar-refractivity contribution in [1.82, 2.24) is 19.7 Å². The summed E-state index contributed by atoms with van der Waals surface area (Å²) in [6.07, 6.45) is 4.44. The Morgan fingerprint density at radius 1 is 0.917 bits per heavy atom. The Morgan fingerprint density at radius 2 is 1.61 bits per heavy atom. The monoisotopic (exact) mass is 506 g/mol. The van der Waals surface area contributed by atoms with E-state index in [0.29, 0.717) is 53.6 Å². The topological polar surface area (TPSA) is 76.7 Å². The predicted molar refractivity (Wildman–Crippen MR) is 140 cm³/mol. The van der Waals surface area contributed by atoms with Crippen molar-refractivity contribution in [2.24, 2.45) is 5.92 Å².